The number of fused-ring (bicyclic) bond motifs is 1. The Morgan fingerprint density at radius 3 is 3.06 bits per heavy atom. The molecule has 1 aromatic carbocycles. The van der Waals surface area contributed by atoms with Crippen molar-refractivity contribution in [2.75, 3.05) is 6.54 Å². The maximum absolute atomic E-state index is 4.37. The van der Waals surface area contributed by atoms with E-state index < -0.39 is 0 Å². The third-order valence-electron chi connectivity index (χ3n) is 3.52. The summed E-state index contributed by atoms with van der Waals surface area (Å²) in [4.78, 5) is 0. The maximum atomic E-state index is 4.37. The van der Waals surface area contributed by atoms with E-state index in [1.165, 1.54) is 23.9 Å². The van der Waals surface area contributed by atoms with E-state index >= 15 is 0 Å². The zero-order valence-corrected chi connectivity index (χ0v) is 9.53. The van der Waals surface area contributed by atoms with Crippen molar-refractivity contribution >= 4 is 10.9 Å². The van der Waals surface area contributed by atoms with Crippen LogP contribution in [0.5, 0.6) is 0 Å². The van der Waals surface area contributed by atoms with Gasteiger partial charge in [-0.25, -0.2) is 0 Å². The number of nitrogens with one attached hydrogen (secondary N) is 2. The van der Waals surface area contributed by atoms with Gasteiger partial charge in [-0.15, -0.1) is 0 Å². The topological polar surface area (TPSA) is 40.7 Å². The van der Waals surface area contributed by atoms with Crippen LogP contribution < -0.4 is 5.32 Å². The summed E-state index contributed by atoms with van der Waals surface area (Å²) in [7, 11) is 0. The van der Waals surface area contributed by atoms with Crippen molar-refractivity contribution in [2.45, 2.75) is 31.7 Å². The first-order chi connectivity index (χ1) is 7.84. The van der Waals surface area contributed by atoms with Gasteiger partial charge in [0.05, 0.1) is 5.52 Å². The van der Waals surface area contributed by atoms with Crippen LogP contribution >= 0.6 is 0 Å². The summed E-state index contributed by atoms with van der Waals surface area (Å²) in [5.74, 6) is 0.628. The Hall–Kier alpha value is -1.35. The standard InChI is InChI=1S/C13H17N3/c1-9-8-10(6-7-14-9)13-11-4-2-3-5-12(11)15-16-13/h2-5,9-10,14H,6-8H2,1H3,(H,15,16). The van der Waals surface area contributed by atoms with Crippen molar-refractivity contribution in [3.8, 4) is 0 Å². The smallest absolute Gasteiger partial charge is 0.0923 e. The number of para-hydroxylation sites is 1. The molecule has 2 N–H and O–H groups in total. The lowest BCUT2D eigenvalue weighted by Crippen LogP contribution is -2.35. The quantitative estimate of drug-likeness (QED) is 0.767. The highest BCUT2D eigenvalue weighted by Crippen LogP contribution is 2.30. The fraction of sp³-hybridized carbons (Fsp3) is 0.462. The van der Waals surface area contributed by atoms with Gasteiger partial charge in [-0.3, -0.25) is 5.10 Å². The monoisotopic (exact) mass is 215 g/mol. The van der Waals surface area contributed by atoms with E-state index in [1.807, 2.05) is 6.07 Å². The van der Waals surface area contributed by atoms with Gasteiger partial charge in [-0.05, 0) is 32.4 Å². The summed E-state index contributed by atoms with van der Waals surface area (Å²) in [5.41, 5.74) is 2.41. The molecule has 2 heterocycles. The van der Waals surface area contributed by atoms with E-state index in [1.54, 1.807) is 0 Å². The lowest BCUT2D eigenvalue weighted by Gasteiger charge is -2.27. The summed E-state index contributed by atoms with van der Waals surface area (Å²) >= 11 is 0. The molecule has 3 heteroatoms. The Balaban J connectivity index is 1.99. The summed E-state index contributed by atoms with van der Waals surface area (Å²) in [6.45, 7) is 3.36. The van der Waals surface area contributed by atoms with Crippen LogP contribution in [-0.2, 0) is 0 Å². The lowest BCUT2D eigenvalue weighted by molar-refractivity contribution is 0.377. The highest BCUT2D eigenvalue weighted by molar-refractivity contribution is 5.81. The second-order valence-corrected chi connectivity index (χ2v) is 4.73. The van der Waals surface area contributed by atoms with Crippen LogP contribution in [0, 0.1) is 0 Å². The van der Waals surface area contributed by atoms with Crippen molar-refractivity contribution in [3.05, 3.63) is 30.0 Å². The molecule has 2 aromatic rings. The van der Waals surface area contributed by atoms with Crippen LogP contribution in [0.3, 0.4) is 0 Å². The number of aromatic amines is 1. The van der Waals surface area contributed by atoms with Gasteiger partial charge in [0.1, 0.15) is 0 Å². The first-order valence-electron chi connectivity index (χ1n) is 6.01. The summed E-state index contributed by atoms with van der Waals surface area (Å²) in [5, 5.41) is 12.4. The van der Waals surface area contributed by atoms with E-state index in [2.05, 4.69) is 40.6 Å². The molecule has 1 saturated heterocycles. The third-order valence-corrected chi connectivity index (χ3v) is 3.52. The molecule has 16 heavy (non-hydrogen) atoms. The van der Waals surface area contributed by atoms with Crippen molar-refractivity contribution in [2.24, 2.45) is 0 Å². The highest BCUT2D eigenvalue weighted by atomic mass is 15.1. The normalized spacial score (nSPS) is 26.1. The lowest BCUT2D eigenvalue weighted by atomic mass is 9.89. The molecule has 0 bridgehead atoms. The van der Waals surface area contributed by atoms with Crippen LogP contribution in [0.15, 0.2) is 24.3 Å². The number of benzene rings is 1. The Bertz CT molecular complexity index is 489. The molecular formula is C13H17N3. The second-order valence-electron chi connectivity index (χ2n) is 4.73. The second kappa shape index (κ2) is 3.91. The molecule has 0 radical (unpaired) electrons. The van der Waals surface area contributed by atoms with Crippen molar-refractivity contribution in [1.82, 2.24) is 15.5 Å². The molecule has 1 aromatic heterocycles. The predicted molar refractivity (Wildman–Crippen MR) is 65.5 cm³/mol. The minimum Gasteiger partial charge on any atom is -0.314 e. The fourth-order valence-corrected chi connectivity index (χ4v) is 2.68. The molecule has 1 aliphatic heterocycles. The van der Waals surface area contributed by atoms with Gasteiger partial charge in [-0.2, -0.15) is 5.10 Å². The molecule has 84 valence electrons. The Kier molecular flexibility index (Phi) is 2.40. The molecule has 0 spiro atoms. The zero-order chi connectivity index (χ0) is 11.0. The molecule has 0 saturated carbocycles. The van der Waals surface area contributed by atoms with E-state index in [9.17, 15) is 0 Å². The average Bonchev–Trinajstić information content (AvgIpc) is 2.72. The molecule has 3 rings (SSSR count). The fourth-order valence-electron chi connectivity index (χ4n) is 2.68. The first kappa shape index (κ1) is 9.85. The number of rotatable bonds is 1. The van der Waals surface area contributed by atoms with Crippen LogP contribution in [-0.4, -0.2) is 22.8 Å². The van der Waals surface area contributed by atoms with E-state index in [-0.39, 0.29) is 0 Å². The average molecular weight is 215 g/mol. The van der Waals surface area contributed by atoms with Gasteiger partial charge in [0.15, 0.2) is 0 Å². The first-order valence-corrected chi connectivity index (χ1v) is 6.01. The van der Waals surface area contributed by atoms with Gasteiger partial charge >= 0.3 is 0 Å². The number of hydrogen-bond donors (Lipinski definition) is 2. The van der Waals surface area contributed by atoms with E-state index in [4.69, 9.17) is 0 Å². The summed E-state index contributed by atoms with van der Waals surface area (Å²) < 4.78 is 0. The molecule has 1 fully saturated rings. The predicted octanol–water partition coefficient (Wildman–Crippen LogP) is 2.42. The van der Waals surface area contributed by atoms with Crippen LogP contribution in [0.2, 0.25) is 0 Å². The van der Waals surface area contributed by atoms with Gasteiger partial charge in [0.2, 0.25) is 0 Å². The molecule has 2 atom stereocenters. The zero-order valence-electron chi connectivity index (χ0n) is 9.53. The van der Waals surface area contributed by atoms with Gasteiger partial charge < -0.3 is 5.32 Å². The van der Waals surface area contributed by atoms with Gasteiger partial charge in [0.25, 0.3) is 0 Å². The molecule has 2 unspecified atom stereocenters. The highest BCUT2D eigenvalue weighted by Gasteiger charge is 2.22. The number of aromatic nitrogens is 2. The third kappa shape index (κ3) is 1.61. The Morgan fingerprint density at radius 1 is 1.31 bits per heavy atom. The van der Waals surface area contributed by atoms with Crippen LogP contribution in [0.4, 0.5) is 0 Å². The number of piperidine rings is 1. The number of H-pyrrole nitrogens is 1. The minimum absolute atomic E-state index is 0.612. The van der Waals surface area contributed by atoms with Crippen molar-refractivity contribution < 1.29 is 0 Å². The van der Waals surface area contributed by atoms with E-state index in [0.29, 0.717) is 12.0 Å². The molecule has 0 amide bonds. The SMILES string of the molecule is CC1CC(c2[nH]nc3ccccc23)CCN1. The largest absolute Gasteiger partial charge is 0.314 e. The number of hydrogen-bond acceptors (Lipinski definition) is 2. The van der Waals surface area contributed by atoms with Crippen molar-refractivity contribution in [3.63, 3.8) is 0 Å². The van der Waals surface area contributed by atoms with Crippen LogP contribution in [0.1, 0.15) is 31.4 Å². The summed E-state index contributed by atoms with van der Waals surface area (Å²) in [6, 6.07) is 8.98. The molecule has 3 nitrogen and oxygen atoms in total. The van der Waals surface area contributed by atoms with Crippen molar-refractivity contribution in [1.29, 1.82) is 0 Å². The van der Waals surface area contributed by atoms with Gasteiger partial charge in [0, 0.05) is 23.0 Å². The maximum Gasteiger partial charge on any atom is 0.0923 e. The van der Waals surface area contributed by atoms with Gasteiger partial charge in [-0.1, -0.05) is 18.2 Å². The Morgan fingerprint density at radius 2 is 2.19 bits per heavy atom. The van der Waals surface area contributed by atoms with Crippen LogP contribution in [0.25, 0.3) is 10.9 Å². The summed E-state index contributed by atoms with van der Waals surface area (Å²) in [6.07, 6.45) is 2.41. The minimum atomic E-state index is 0.612. The molecule has 1 aliphatic rings. The molecular weight excluding hydrogens is 198 g/mol. The molecule has 0 aliphatic carbocycles. The number of nitrogens with zero attached hydrogens (tertiary/aromatic N) is 1. The van der Waals surface area contributed by atoms with E-state index in [0.717, 1.165) is 12.1 Å². The Labute approximate surface area is 95.2 Å².